The molecular weight excluding hydrogens is 305 g/mol. The second kappa shape index (κ2) is 6.74. The molecule has 0 aliphatic carbocycles. The first kappa shape index (κ1) is 17.9. The largest absolute Gasteiger partial charge is 0.481 e. The van der Waals surface area contributed by atoms with E-state index in [0.29, 0.717) is 0 Å². The smallest absolute Gasteiger partial charge is 0.405 e. The Morgan fingerprint density at radius 2 is 1.95 bits per heavy atom. The Bertz CT molecular complexity index is 501. The van der Waals surface area contributed by atoms with Gasteiger partial charge in [-0.05, 0) is 26.8 Å². The summed E-state index contributed by atoms with van der Waals surface area (Å²) in [6.45, 7) is 4.81. The van der Waals surface area contributed by atoms with E-state index in [-0.39, 0.29) is 11.6 Å². The summed E-state index contributed by atoms with van der Waals surface area (Å²) in [5.41, 5.74) is 0.218. The lowest BCUT2D eigenvalue weighted by molar-refractivity contribution is -0.150. The van der Waals surface area contributed by atoms with Crippen molar-refractivity contribution < 1.29 is 22.1 Å². The van der Waals surface area contributed by atoms with Gasteiger partial charge in [0.25, 0.3) is 0 Å². The van der Waals surface area contributed by atoms with Gasteiger partial charge in [0.1, 0.15) is 6.04 Å². The number of halogens is 3. The van der Waals surface area contributed by atoms with E-state index >= 15 is 0 Å². The van der Waals surface area contributed by atoms with E-state index in [0.717, 1.165) is 0 Å². The average Bonchev–Trinajstić information content (AvgIpc) is 2.36. The molecule has 0 amide bonds. The Labute approximate surface area is 124 Å². The monoisotopic (exact) mass is 324 g/mol. The molecule has 1 aromatic rings. The lowest BCUT2D eigenvalue weighted by Crippen LogP contribution is -2.48. The molecule has 1 unspecified atom stereocenters. The Balaban J connectivity index is 2.91. The zero-order valence-electron chi connectivity index (χ0n) is 12.3. The minimum absolute atomic E-state index is 0.218. The van der Waals surface area contributed by atoms with E-state index in [1.54, 1.807) is 32.9 Å². The number of pyridine rings is 1. The topological polar surface area (TPSA) is 51.2 Å². The molecule has 0 fully saturated rings. The molecule has 1 heterocycles. The van der Waals surface area contributed by atoms with Crippen LogP contribution in [0.5, 0.6) is 5.88 Å². The van der Waals surface area contributed by atoms with Crippen molar-refractivity contribution in [3.8, 4) is 5.88 Å². The third-order valence-corrected chi connectivity index (χ3v) is 4.22. The third-order valence-electron chi connectivity index (χ3n) is 2.60. The van der Waals surface area contributed by atoms with E-state index in [9.17, 15) is 17.4 Å². The molecule has 8 heteroatoms. The van der Waals surface area contributed by atoms with Gasteiger partial charge >= 0.3 is 6.18 Å². The molecule has 0 radical (unpaired) electrons. The first-order chi connectivity index (χ1) is 9.54. The maximum Gasteiger partial charge on any atom is 0.405 e. The van der Waals surface area contributed by atoms with Gasteiger partial charge in [-0.25, -0.2) is 13.9 Å². The summed E-state index contributed by atoms with van der Waals surface area (Å²) in [7, 11) is -0.435. The average molecular weight is 324 g/mol. The maximum atomic E-state index is 13.1. The lowest BCUT2D eigenvalue weighted by Gasteiger charge is -2.25. The number of methoxy groups -OCH3 is 1. The molecule has 1 rings (SSSR count). The van der Waals surface area contributed by atoms with E-state index < -0.39 is 34.4 Å². The standard InChI is InChI=1S/C13H19F3N2O2S/c1-12(2,3)21(19)18-10(13(14,15)16)8-9-6-5-7-11(17-9)20-4/h5-7,10,18H,8H2,1-4H3/t10-,21?/m0/s1. The molecule has 0 aliphatic rings. The number of nitrogens with zero attached hydrogens (tertiary/aromatic N) is 1. The van der Waals surface area contributed by atoms with Crippen molar-refractivity contribution in [1.82, 2.24) is 9.71 Å². The summed E-state index contributed by atoms with van der Waals surface area (Å²) < 4.78 is 57.4. The second-order valence-corrected chi connectivity index (χ2v) is 7.47. The summed E-state index contributed by atoms with van der Waals surface area (Å²) in [6, 6.07) is 2.66. The highest BCUT2D eigenvalue weighted by Crippen LogP contribution is 2.25. The van der Waals surface area contributed by atoms with Crippen molar-refractivity contribution in [2.75, 3.05) is 7.11 Å². The number of hydrogen-bond donors (Lipinski definition) is 1. The van der Waals surface area contributed by atoms with Crippen LogP contribution >= 0.6 is 0 Å². The molecule has 2 atom stereocenters. The van der Waals surface area contributed by atoms with Crippen molar-refractivity contribution in [3.05, 3.63) is 23.9 Å². The highest BCUT2D eigenvalue weighted by atomic mass is 32.2. The van der Waals surface area contributed by atoms with Crippen LogP contribution in [0.1, 0.15) is 26.5 Å². The van der Waals surface area contributed by atoms with Crippen molar-refractivity contribution in [2.24, 2.45) is 0 Å². The molecule has 0 aromatic carbocycles. The molecule has 0 aliphatic heterocycles. The van der Waals surface area contributed by atoms with Gasteiger partial charge in [0, 0.05) is 18.2 Å². The number of alkyl halides is 3. The van der Waals surface area contributed by atoms with E-state index in [4.69, 9.17) is 4.74 Å². The molecule has 0 saturated heterocycles. The number of nitrogens with one attached hydrogen (secondary N) is 1. The Kier molecular flexibility index (Phi) is 5.75. The molecule has 0 saturated carbocycles. The molecule has 4 nitrogen and oxygen atoms in total. The molecule has 0 bridgehead atoms. The van der Waals surface area contributed by atoms with Crippen molar-refractivity contribution in [1.29, 1.82) is 0 Å². The van der Waals surface area contributed by atoms with E-state index in [2.05, 4.69) is 9.71 Å². The Morgan fingerprint density at radius 1 is 1.33 bits per heavy atom. The van der Waals surface area contributed by atoms with Crippen LogP contribution in [-0.2, 0) is 17.4 Å². The van der Waals surface area contributed by atoms with Gasteiger partial charge in [0.2, 0.25) is 5.88 Å². The van der Waals surface area contributed by atoms with Crippen LogP contribution in [0.15, 0.2) is 18.2 Å². The summed E-state index contributed by atoms with van der Waals surface area (Å²) in [5, 5.41) is 0. The van der Waals surface area contributed by atoms with Gasteiger partial charge in [-0.3, -0.25) is 0 Å². The van der Waals surface area contributed by atoms with Crippen LogP contribution < -0.4 is 9.46 Å². The fourth-order valence-corrected chi connectivity index (χ4v) is 2.25. The lowest BCUT2D eigenvalue weighted by atomic mass is 10.1. The van der Waals surface area contributed by atoms with E-state index in [1.807, 2.05) is 0 Å². The summed E-state index contributed by atoms with van der Waals surface area (Å²) >= 11 is 0. The molecular formula is C13H19F3N2O2S. The molecule has 21 heavy (non-hydrogen) atoms. The maximum absolute atomic E-state index is 13.1. The minimum Gasteiger partial charge on any atom is -0.481 e. The molecule has 1 N–H and O–H groups in total. The zero-order chi connectivity index (χ0) is 16.3. The van der Waals surface area contributed by atoms with Crippen LogP contribution in [0.4, 0.5) is 13.2 Å². The van der Waals surface area contributed by atoms with Crippen LogP contribution in [-0.4, -0.2) is 33.3 Å². The minimum atomic E-state index is -4.52. The van der Waals surface area contributed by atoms with Crippen LogP contribution in [0.25, 0.3) is 0 Å². The van der Waals surface area contributed by atoms with Gasteiger partial charge in [-0.15, -0.1) is 0 Å². The molecule has 0 spiro atoms. The quantitative estimate of drug-likeness (QED) is 0.906. The first-order valence-electron chi connectivity index (χ1n) is 6.28. The highest BCUT2D eigenvalue weighted by molar-refractivity contribution is 7.84. The summed E-state index contributed by atoms with van der Waals surface area (Å²) in [5.74, 6) is 0.241. The Hall–Kier alpha value is -1.15. The highest BCUT2D eigenvalue weighted by Gasteiger charge is 2.42. The van der Waals surface area contributed by atoms with Crippen LogP contribution in [0.3, 0.4) is 0 Å². The number of rotatable bonds is 5. The van der Waals surface area contributed by atoms with Gasteiger partial charge in [-0.1, -0.05) is 6.07 Å². The number of ether oxygens (including phenoxy) is 1. The van der Waals surface area contributed by atoms with Gasteiger partial charge in [0.15, 0.2) is 0 Å². The second-order valence-electron chi connectivity index (χ2n) is 5.47. The fourth-order valence-electron chi connectivity index (χ4n) is 1.42. The summed E-state index contributed by atoms with van der Waals surface area (Å²) in [4.78, 5) is 3.95. The van der Waals surface area contributed by atoms with Gasteiger partial charge < -0.3 is 4.74 Å². The SMILES string of the molecule is COc1cccc(C[C@H](NS(=O)C(C)(C)C)C(F)(F)F)n1. The van der Waals surface area contributed by atoms with Crippen LogP contribution in [0, 0.1) is 0 Å². The number of aromatic nitrogens is 1. The van der Waals surface area contributed by atoms with Gasteiger partial charge in [-0.2, -0.15) is 13.2 Å². The van der Waals surface area contributed by atoms with Crippen molar-refractivity contribution in [3.63, 3.8) is 0 Å². The molecule has 1 aromatic heterocycles. The van der Waals surface area contributed by atoms with Crippen molar-refractivity contribution >= 4 is 11.0 Å². The van der Waals surface area contributed by atoms with E-state index in [1.165, 1.54) is 13.2 Å². The summed E-state index contributed by atoms with van der Waals surface area (Å²) in [6.07, 6.45) is -4.94. The van der Waals surface area contributed by atoms with Crippen LogP contribution in [0.2, 0.25) is 0 Å². The van der Waals surface area contributed by atoms with Gasteiger partial charge in [0.05, 0.1) is 22.8 Å². The third kappa shape index (κ3) is 5.62. The predicted molar refractivity (Wildman–Crippen MR) is 75.4 cm³/mol. The van der Waals surface area contributed by atoms with Crippen molar-refractivity contribution in [2.45, 2.75) is 44.2 Å². The number of hydrogen-bond acceptors (Lipinski definition) is 3. The zero-order valence-corrected chi connectivity index (χ0v) is 13.1. The Morgan fingerprint density at radius 3 is 2.43 bits per heavy atom. The normalized spacial score (nSPS) is 15.6. The first-order valence-corrected chi connectivity index (χ1v) is 7.43. The fraction of sp³-hybridized carbons (Fsp3) is 0.615. The molecule has 120 valence electrons. The predicted octanol–water partition coefficient (Wildman–Crippen LogP) is 2.62.